The number of rotatable bonds is 9. The lowest BCUT2D eigenvalue weighted by Gasteiger charge is -2.35. The van der Waals surface area contributed by atoms with E-state index in [0.717, 1.165) is 61.3 Å². The molecule has 0 aliphatic carbocycles. The number of carbonyl (C=O) groups is 1. The number of nitrogens with zero attached hydrogens (tertiary/aromatic N) is 2. The molecule has 1 aliphatic heterocycles. The molecule has 0 bridgehead atoms. The number of carbonyl (C=O) groups excluding carboxylic acids is 1. The quantitative estimate of drug-likeness (QED) is 0.365. The van der Waals surface area contributed by atoms with Gasteiger partial charge in [-0.25, -0.2) is 0 Å². The second-order valence-electron chi connectivity index (χ2n) is 11.5. The zero-order valence-corrected chi connectivity index (χ0v) is 23.5. The molecule has 0 fully saturated rings. The predicted molar refractivity (Wildman–Crippen MR) is 146 cm³/mol. The fourth-order valence-corrected chi connectivity index (χ4v) is 5.59. The van der Waals surface area contributed by atoms with Crippen molar-refractivity contribution in [3.8, 4) is 5.75 Å². The molecule has 0 aromatic heterocycles. The first-order chi connectivity index (χ1) is 16.5. The van der Waals surface area contributed by atoms with Gasteiger partial charge in [0, 0.05) is 18.7 Å². The third-order valence-electron chi connectivity index (χ3n) is 7.04. The van der Waals surface area contributed by atoms with Crippen LogP contribution < -0.4 is 4.74 Å². The molecule has 0 spiro atoms. The molecular formula is C30H44ClN2O2+. The summed E-state index contributed by atoms with van der Waals surface area (Å²) in [5, 5.41) is 0.663. The van der Waals surface area contributed by atoms with Crippen LogP contribution in [0, 0.1) is 25.7 Å². The largest absolute Gasteiger partial charge is 0.492 e. The lowest BCUT2D eigenvalue weighted by atomic mass is 10.0. The maximum Gasteiger partial charge on any atom is 0.231 e. The highest BCUT2D eigenvalue weighted by Crippen LogP contribution is 2.34. The number of fused-ring (bicyclic) bond motifs is 1. The number of halogens is 1. The van der Waals surface area contributed by atoms with E-state index in [1.54, 1.807) is 0 Å². The van der Waals surface area contributed by atoms with Gasteiger partial charge in [0.25, 0.3) is 0 Å². The van der Waals surface area contributed by atoms with E-state index in [2.05, 4.69) is 73.0 Å². The minimum absolute atomic E-state index is 0.0755. The predicted octanol–water partition coefficient (Wildman–Crippen LogP) is 6.57. The highest BCUT2D eigenvalue weighted by molar-refractivity contribution is 6.32. The Labute approximate surface area is 217 Å². The maximum absolute atomic E-state index is 13.7. The number of benzene rings is 2. The standard InChI is InChI=1S/C30H44ClN2O2/c1-21(2)17-32(18-25-15-26-12-8-9-14-35-29(26)28(31)16-25)30(34)23(4)19-33(6,7)20-27-13-10-11-22(3)24(27)5/h10-11,13,15-16,21,23H,8-9,12,14,17-20H2,1-7H3/q+1. The van der Waals surface area contributed by atoms with Gasteiger partial charge < -0.3 is 14.1 Å². The van der Waals surface area contributed by atoms with Gasteiger partial charge in [0.2, 0.25) is 5.91 Å². The molecule has 1 aliphatic rings. The Bertz CT molecular complexity index is 1030. The highest BCUT2D eigenvalue weighted by Gasteiger charge is 2.29. The maximum atomic E-state index is 13.7. The Balaban J connectivity index is 1.75. The second-order valence-corrected chi connectivity index (χ2v) is 11.9. The monoisotopic (exact) mass is 499 g/mol. The van der Waals surface area contributed by atoms with Crippen LogP contribution in [0.3, 0.4) is 0 Å². The molecule has 192 valence electrons. The van der Waals surface area contributed by atoms with Crippen molar-refractivity contribution in [2.75, 3.05) is 33.8 Å². The van der Waals surface area contributed by atoms with Gasteiger partial charge in [0.15, 0.2) is 0 Å². The summed E-state index contributed by atoms with van der Waals surface area (Å²) in [4.78, 5) is 15.8. The number of quaternary nitrogens is 1. The van der Waals surface area contributed by atoms with E-state index in [1.165, 1.54) is 22.3 Å². The summed E-state index contributed by atoms with van der Waals surface area (Å²) < 4.78 is 6.67. The number of hydrogen-bond acceptors (Lipinski definition) is 2. The van der Waals surface area contributed by atoms with Gasteiger partial charge in [-0.1, -0.05) is 49.7 Å². The molecule has 0 saturated heterocycles. The molecule has 5 heteroatoms. The van der Waals surface area contributed by atoms with Gasteiger partial charge >= 0.3 is 0 Å². The average Bonchev–Trinajstić information content (AvgIpc) is 3.01. The van der Waals surface area contributed by atoms with Crippen molar-refractivity contribution in [1.82, 2.24) is 4.90 Å². The summed E-state index contributed by atoms with van der Waals surface area (Å²) in [6.07, 6.45) is 3.12. The Hall–Kier alpha value is -2.04. The van der Waals surface area contributed by atoms with E-state index >= 15 is 0 Å². The average molecular weight is 500 g/mol. The summed E-state index contributed by atoms with van der Waals surface area (Å²) >= 11 is 6.61. The minimum Gasteiger partial charge on any atom is -0.492 e. The Morgan fingerprint density at radius 1 is 1.14 bits per heavy atom. The van der Waals surface area contributed by atoms with Crippen molar-refractivity contribution in [2.45, 2.75) is 67.0 Å². The normalized spacial score (nSPS) is 14.8. The van der Waals surface area contributed by atoms with Crippen molar-refractivity contribution in [2.24, 2.45) is 11.8 Å². The van der Waals surface area contributed by atoms with E-state index in [9.17, 15) is 4.79 Å². The zero-order valence-electron chi connectivity index (χ0n) is 22.8. The number of hydrogen-bond donors (Lipinski definition) is 0. The molecule has 1 amide bonds. The lowest BCUT2D eigenvalue weighted by Crippen LogP contribution is -2.47. The Morgan fingerprint density at radius 2 is 1.89 bits per heavy atom. The first-order valence-electron chi connectivity index (χ1n) is 13.1. The van der Waals surface area contributed by atoms with Crippen LogP contribution in [-0.2, 0) is 24.3 Å². The number of ether oxygens (including phenoxy) is 1. The molecule has 3 rings (SSSR count). The van der Waals surface area contributed by atoms with Crippen LogP contribution >= 0.6 is 11.6 Å². The molecule has 4 nitrogen and oxygen atoms in total. The van der Waals surface area contributed by atoms with Gasteiger partial charge in [-0.3, -0.25) is 4.79 Å². The minimum atomic E-state index is -0.0755. The molecule has 2 aromatic rings. The van der Waals surface area contributed by atoms with E-state index in [4.69, 9.17) is 16.3 Å². The highest BCUT2D eigenvalue weighted by atomic mass is 35.5. The Kier molecular flexibility index (Phi) is 9.28. The van der Waals surface area contributed by atoms with Crippen LogP contribution in [0.2, 0.25) is 5.02 Å². The number of amides is 1. The molecule has 0 radical (unpaired) electrons. The van der Waals surface area contributed by atoms with Crippen LogP contribution in [0.4, 0.5) is 0 Å². The zero-order chi connectivity index (χ0) is 25.8. The van der Waals surface area contributed by atoms with Crippen molar-refractivity contribution in [1.29, 1.82) is 0 Å². The van der Waals surface area contributed by atoms with Crippen LogP contribution in [0.15, 0.2) is 30.3 Å². The number of aryl methyl sites for hydroxylation is 2. The summed E-state index contributed by atoms with van der Waals surface area (Å²) in [6.45, 7) is 14.5. The molecule has 0 saturated carbocycles. The van der Waals surface area contributed by atoms with Crippen LogP contribution in [0.5, 0.6) is 5.75 Å². The molecule has 2 aromatic carbocycles. The molecular weight excluding hydrogens is 456 g/mol. The molecule has 1 heterocycles. The van der Waals surface area contributed by atoms with Gasteiger partial charge in [0.1, 0.15) is 12.3 Å². The lowest BCUT2D eigenvalue weighted by molar-refractivity contribution is -0.905. The van der Waals surface area contributed by atoms with Crippen molar-refractivity contribution in [3.05, 3.63) is 63.2 Å². The third kappa shape index (κ3) is 7.47. The Morgan fingerprint density at radius 3 is 2.60 bits per heavy atom. The van der Waals surface area contributed by atoms with E-state index in [1.807, 2.05) is 11.0 Å². The SMILES string of the molecule is Cc1cccc(C[N+](C)(C)CC(C)C(=O)N(Cc2cc(Cl)c3c(c2)CCCCO3)CC(C)C)c1C. The smallest absolute Gasteiger partial charge is 0.231 e. The van der Waals surface area contributed by atoms with E-state index in [-0.39, 0.29) is 11.8 Å². The van der Waals surface area contributed by atoms with Crippen LogP contribution in [0.1, 0.15) is 61.4 Å². The topological polar surface area (TPSA) is 29.5 Å². The van der Waals surface area contributed by atoms with Gasteiger partial charge in [-0.15, -0.1) is 0 Å². The van der Waals surface area contributed by atoms with Crippen LogP contribution in [0.25, 0.3) is 0 Å². The fraction of sp³-hybridized carbons (Fsp3) is 0.567. The first kappa shape index (κ1) is 27.5. The first-order valence-corrected chi connectivity index (χ1v) is 13.4. The van der Waals surface area contributed by atoms with Crippen molar-refractivity contribution < 1.29 is 14.0 Å². The van der Waals surface area contributed by atoms with Gasteiger partial charge in [-0.05, 0) is 74.3 Å². The summed E-state index contributed by atoms with van der Waals surface area (Å²) in [7, 11) is 4.45. The molecule has 1 unspecified atom stereocenters. The van der Waals surface area contributed by atoms with Gasteiger partial charge in [-0.2, -0.15) is 0 Å². The third-order valence-corrected chi connectivity index (χ3v) is 7.32. The summed E-state index contributed by atoms with van der Waals surface area (Å²) in [5.74, 6) is 1.36. The van der Waals surface area contributed by atoms with E-state index < -0.39 is 0 Å². The fourth-order valence-electron chi connectivity index (χ4n) is 5.28. The summed E-state index contributed by atoms with van der Waals surface area (Å²) in [5.41, 5.74) is 6.28. The van der Waals surface area contributed by atoms with Crippen molar-refractivity contribution in [3.63, 3.8) is 0 Å². The van der Waals surface area contributed by atoms with Crippen molar-refractivity contribution >= 4 is 17.5 Å². The van der Waals surface area contributed by atoms with Crippen LogP contribution in [-0.4, -0.2) is 49.1 Å². The van der Waals surface area contributed by atoms with E-state index in [0.29, 0.717) is 17.5 Å². The second kappa shape index (κ2) is 11.8. The van der Waals surface area contributed by atoms with Gasteiger partial charge in [0.05, 0.1) is 38.2 Å². The molecule has 0 N–H and O–H groups in total. The molecule has 1 atom stereocenters. The molecule has 35 heavy (non-hydrogen) atoms. The summed E-state index contributed by atoms with van der Waals surface area (Å²) in [6, 6.07) is 10.7.